The van der Waals surface area contributed by atoms with Gasteiger partial charge >= 0.3 is 6.00 Å². The lowest BCUT2D eigenvalue weighted by Crippen LogP contribution is -2.20. The first-order valence-corrected chi connectivity index (χ1v) is 11.3. The Morgan fingerprint density at radius 2 is 1.50 bits per heavy atom. The molecule has 62 valence electrons. The van der Waals surface area contributed by atoms with Gasteiger partial charge in [-0.25, -0.2) is 0 Å². The van der Waals surface area contributed by atoms with E-state index in [4.69, 9.17) is 56.1 Å². The molecule has 0 amide bonds. The van der Waals surface area contributed by atoms with E-state index in [1.165, 1.54) is 0 Å². The number of hydrogen-bond acceptors (Lipinski definition) is 0. The van der Waals surface area contributed by atoms with Gasteiger partial charge in [-0.3, -0.25) is 0 Å². The molecule has 7 heteroatoms. The van der Waals surface area contributed by atoms with Crippen LogP contribution < -0.4 is 0 Å². The third-order valence-electron chi connectivity index (χ3n) is 0.701. The normalized spacial score (nSPS) is 13.5. The van der Waals surface area contributed by atoms with Crippen LogP contribution in [0.2, 0.25) is 0 Å². The van der Waals surface area contributed by atoms with Crippen molar-refractivity contribution in [3.05, 3.63) is 0 Å². The molecule has 0 aromatic heterocycles. The van der Waals surface area contributed by atoms with E-state index in [9.17, 15) is 0 Å². The molecule has 0 aliphatic heterocycles. The molecule has 0 aromatic rings. The summed E-state index contributed by atoms with van der Waals surface area (Å²) in [6.07, 6.45) is -1.81. The third kappa shape index (κ3) is 4.11. The summed E-state index contributed by atoms with van der Waals surface area (Å²) >= 11 is 28.5. The minimum atomic E-state index is -2.88. The zero-order valence-corrected chi connectivity index (χ0v) is 11.0. The molecular formula is C3H6Cl5PSi. The molecule has 0 aromatic carbocycles. The van der Waals surface area contributed by atoms with Gasteiger partial charge in [0.05, 0.1) is 4.38 Å². The van der Waals surface area contributed by atoms with Crippen molar-refractivity contribution in [2.24, 2.45) is 0 Å². The van der Waals surface area contributed by atoms with Gasteiger partial charge in [-0.2, -0.15) is 0 Å². The van der Waals surface area contributed by atoms with Crippen molar-refractivity contribution in [2.45, 2.75) is 0 Å². The topological polar surface area (TPSA) is 0 Å². The highest BCUT2D eigenvalue weighted by Gasteiger charge is 2.33. The number of hydrogen-bond donors (Lipinski definition) is 0. The van der Waals surface area contributed by atoms with Gasteiger partial charge in [0.15, 0.2) is 0 Å². The summed E-state index contributed by atoms with van der Waals surface area (Å²) in [4.78, 5) is 0. The van der Waals surface area contributed by atoms with E-state index in [-0.39, 0.29) is 0 Å². The second-order valence-corrected chi connectivity index (χ2v) is 17.4. The molecule has 0 aliphatic carbocycles. The van der Waals surface area contributed by atoms with E-state index >= 15 is 0 Å². The van der Waals surface area contributed by atoms with Crippen LogP contribution in [0.4, 0.5) is 0 Å². The minimum Gasteiger partial charge on any atom is -0.120 e. The standard InChI is InChI=1S/C3H6Cl5PSi/c1-9(2,5)3(4)10(6,7)8/h1-2H3. The van der Waals surface area contributed by atoms with E-state index < -0.39 is 12.2 Å². The number of rotatable bonds is 1. The zero-order chi connectivity index (χ0) is 8.58. The summed E-state index contributed by atoms with van der Waals surface area (Å²) < 4.78 is 0.353. The molecular weight excluding hydrogens is 272 g/mol. The van der Waals surface area contributed by atoms with Crippen molar-refractivity contribution in [3.8, 4) is 0 Å². The minimum absolute atomic E-state index is 0.353. The maximum Gasteiger partial charge on any atom is 0.385 e. The van der Waals surface area contributed by atoms with Crippen LogP contribution in [-0.4, -0.2) is 23.7 Å². The quantitative estimate of drug-likeness (QED) is 0.387. The van der Waals surface area contributed by atoms with E-state index in [1.807, 2.05) is 0 Å². The molecule has 0 rings (SSSR count). The van der Waals surface area contributed by atoms with Crippen LogP contribution in [0.3, 0.4) is 0 Å². The lowest BCUT2D eigenvalue weighted by molar-refractivity contribution is 2.27. The summed E-state index contributed by atoms with van der Waals surface area (Å²) in [5, 5.41) is 0. The lowest BCUT2D eigenvalue weighted by Gasteiger charge is -2.13. The first-order chi connectivity index (χ1) is 4.15. The van der Waals surface area contributed by atoms with Gasteiger partial charge in [0, 0.05) is 0 Å². The summed E-state index contributed by atoms with van der Waals surface area (Å²) in [5.41, 5.74) is 0. The predicted octanol–water partition coefficient (Wildman–Crippen LogP) is 3.98. The smallest absolute Gasteiger partial charge is 0.120 e. The monoisotopic (exact) mass is 276 g/mol. The Bertz CT molecular complexity index is 168. The molecule has 0 atom stereocenters. The Morgan fingerprint density at radius 3 is 1.50 bits per heavy atom. The molecule has 0 aliphatic rings. The molecule has 0 heterocycles. The van der Waals surface area contributed by atoms with Gasteiger partial charge in [0.2, 0.25) is 0 Å². The van der Waals surface area contributed by atoms with Crippen molar-refractivity contribution < 1.29 is 0 Å². The summed E-state index contributed by atoms with van der Waals surface area (Å²) in [7, 11) is 0. The van der Waals surface area contributed by atoms with Crippen LogP contribution in [-0.2, 0) is 0 Å². The highest BCUT2D eigenvalue weighted by molar-refractivity contribution is 8.07. The third-order valence-corrected chi connectivity index (χ3v) is 11.9. The van der Waals surface area contributed by atoms with Crippen LogP contribution in [0.5, 0.6) is 0 Å². The maximum atomic E-state index is 5.89. The average Bonchev–Trinajstić information content (AvgIpc) is 1.59. The Kier molecular flexibility index (Phi) is 4.53. The van der Waals surface area contributed by atoms with Crippen molar-refractivity contribution in [3.63, 3.8) is 0 Å². The first-order valence-electron chi connectivity index (χ1n) is 2.29. The van der Waals surface area contributed by atoms with Gasteiger partial charge in [-0.1, -0.05) is 22.8 Å². The van der Waals surface area contributed by atoms with Gasteiger partial charge in [0.25, 0.3) is 0 Å². The van der Waals surface area contributed by atoms with Crippen LogP contribution in [0.1, 0.15) is 0 Å². The molecule has 0 nitrogen and oxygen atoms in total. The molecule has 0 saturated heterocycles. The van der Waals surface area contributed by atoms with Gasteiger partial charge in [-0.05, 0) is 19.6 Å². The Labute approximate surface area is 85.6 Å². The van der Waals surface area contributed by atoms with Crippen LogP contribution >= 0.6 is 62.3 Å². The SMILES string of the molecule is CP(C)(Cl)=C(Cl)[Si](Cl)(Cl)Cl. The Hall–Kier alpha value is 1.97. The van der Waals surface area contributed by atoms with Gasteiger partial charge in [-0.15, -0.1) is 33.2 Å². The summed E-state index contributed by atoms with van der Waals surface area (Å²) in [6.45, 7) is 3.59. The summed E-state index contributed by atoms with van der Waals surface area (Å²) in [5.74, 6) is 0. The van der Waals surface area contributed by atoms with Crippen molar-refractivity contribution >= 4 is 72.7 Å². The molecule has 0 fully saturated rings. The van der Waals surface area contributed by atoms with E-state index in [0.717, 1.165) is 0 Å². The van der Waals surface area contributed by atoms with Gasteiger partial charge < -0.3 is 0 Å². The largest absolute Gasteiger partial charge is 0.385 e. The summed E-state index contributed by atoms with van der Waals surface area (Å²) in [6, 6.07) is -2.88. The van der Waals surface area contributed by atoms with Crippen LogP contribution in [0.15, 0.2) is 0 Å². The number of halogens is 5. The fraction of sp³-hybridized carbons (Fsp3) is 0.667. The fourth-order valence-corrected chi connectivity index (χ4v) is 10.7. The van der Waals surface area contributed by atoms with Crippen LogP contribution in [0.25, 0.3) is 0 Å². The van der Waals surface area contributed by atoms with E-state index in [0.29, 0.717) is 4.38 Å². The second-order valence-electron chi connectivity index (χ2n) is 2.11. The zero-order valence-electron chi connectivity index (χ0n) is 5.34. The molecule has 0 saturated carbocycles. The van der Waals surface area contributed by atoms with Gasteiger partial charge in [0.1, 0.15) is 0 Å². The van der Waals surface area contributed by atoms with E-state index in [2.05, 4.69) is 0 Å². The molecule has 0 spiro atoms. The van der Waals surface area contributed by atoms with E-state index in [1.54, 1.807) is 13.3 Å². The van der Waals surface area contributed by atoms with Crippen molar-refractivity contribution in [1.82, 2.24) is 0 Å². The molecule has 0 radical (unpaired) electrons. The van der Waals surface area contributed by atoms with Crippen LogP contribution in [0, 0.1) is 0 Å². The lowest BCUT2D eigenvalue weighted by atomic mass is 11.8. The molecule has 10 heavy (non-hydrogen) atoms. The fourth-order valence-electron chi connectivity index (χ4n) is 0.301. The van der Waals surface area contributed by atoms with Crippen molar-refractivity contribution in [1.29, 1.82) is 0 Å². The molecule has 0 N–H and O–H groups in total. The molecule has 0 bridgehead atoms. The predicted molar refractivity (Wildman–Crippen MR) is 58.8 cm³/mol. The highest BCUT2D eigenvalue weighted by atomic mass is 35.8. The second kappa shape index (κ2) is 3.78. The maximum absolute atomic E-state index is 5.89. The average molecular weight is 278 g/mol. The Morgan fingerprint density at radius 1 is 1.20 bits per heavy atom. The highest BCUT2D eigenvalue weighted by Crippen LogP contribution is 2.51. The Balaban J connectivity index is 4.85. The first kappa shape index (κ1) is 12.0. The van der Waals surface area contributed by atoms with Crippen molar-refractivity contribution in [2.75, 3.05) is 13.3 Å². The molecule has 0 unspecified atom stereocenters.